The Morgan fingerprint density at radius 1 is 1.25 bits per heavy atom. The van der Waals surface area contributed by atoms with Crippen LogP contribution in [0.3, 0.4) is 0 Å². The van der Waals surface area contributed by atoms with Crippen molar-refractivity contribution in [2.75, 3.05) is 14.1 Å². The van der Waals surface area contributed by atoms with E-state index in [-0.39, 0.29) is 5.91 Å². The van der Waals surface area contributed by atoms with Crippen LogP contribution >= 0.6 is 11.6 Å². The number of rotatable bonds is 3. The van der Waals surface area contributed by atoms with Gasteiger partial charge in [-0.15, -0.1) is 0 Å². The summed E-state index contributed by atoms with van der Waals surface area (Å²) in [5.41, 5.74) is -0.878. The van der Waals surface area contributed by atoms with E-state index in [1.165, 1.54) is 4.90 Å². The molecule has 16 heavy (non-hydrogen) atoms. The van der Waals surface area contributed by atoms with Crippen LogP contribution in [0, 0.1) is 0 Å². The van der Waals surface area contributed by atoms with Gasteiger partial charge in [0.1, 0.15) is 5.75 Å². The number of carbonyl (C=O) groups excluding carboxylic acids is 1. The predicted octanol–water partition coefficient (Wildman–Crippen LogP) is 2.59. The van der Waals surface area contributed by atoms with Gasteiger partial charge in [-0.2, -0.15) is 0 Å². The third-order valence-corrected chi connectivity index (χ3v) is 2.36. The molecule has 1 rings (SSSR count). The minimum Gasteiger partial charge on any atom is -0.478 e. The van der Waals surface area contributed by atoms with Gasteiger partial charge in [-0.1, -0.05) is 11.6 Å². The summed E-state index contributed by atoms with van der Waals surface area (Å²) < 4.78 is 5.63. The molecule has 0 spiro atoms. The molecule has 0 bridgehead atoms. The molecule has 1 amide bonds. The molecule has 0 saturated heterocycles. The number of ether oxygens (including phenoxy) is 1. The second-order valence-corrected chi connectivity index (χ2v) is 4.70. The number of nitrogens with zero attached hydrogens (tertiary/aromatic N) is 1. The molecular weight excluding hydrogens is 226 g/mol. The van der Waals surface area contributed by atoms with E-state index in [9.17, 15) is 4.79 Å². The Hall–Kier alpha value is -1.22. The Kier molecular flexibility index (Phi) is 3.81. The normalized spacial score (nSPS) is 11.1. The summed E-state index contributed by atoms with van der Waals surface area (Å²) >= 11 is 5.77. The highest BCUT2D eigenvalue weighted by molar-refractivity contribution is 6.30. The van der Waals surface area contributed by atoms with Crippen molar-refractivity contribution in [1.82, 2.24) is 4.90 Å². The molecule has 0 atom stereocenters. The molecular formula is C12H16ClNO2. The van der Waals surface area contributed by atoms with Crippen molar-refractivity contribution in [3.8, 4) is 5.75 Å². The second-order valence-electron chi connectivity index (χ2n) is 4.27. The minimum absolute atomic E-state index is 0.0811. The molecule has 88 valence electrons. The van der Waals surface area contributed by atoms with Crippen LogP contribution in [0.4, 0.5) is 0 Å². The fraction of sp³-hybridized carbons (Fsp3) is 0.417. The van der Waals surface area contributed by atoms with Crippen LogP contribution in [-0.4, -0.2) is 30.5 Å². The van der Waals surface area contributed by atoms with Crippen molar-refractivity contribution in [3.05, 3.63) is 29.3 Å². The standard InChI is InChI=1S/C12H16ClNO2/c1-12(2,11(15)14(3)4)16-10-7-5-9(13)6-8-10/h5-8H,1-4H3. The fourth-order valence-electron chi connectivity index (χ4n) is 1.38. The summed E-state index contributed by atoms with van der Waals surface area (Å²) in [5.74, 6) is 0.548. The van der Waals surface area contributed by atoms with Gasteiger partial charge in [0.2, 0.25) is 0 Å². The molecule has 0 heterocycles. The maximum Gasteiger partial charge on any atom is 0.265 e. The largest absolute Gasteiger partial charge is 0.478 e. The monoisotopic (exact) mass is 241 g/mol. The second kappa shape index (κ2) is 4.74. The fourth-order valence-corrected chi connectivity index (χ4v) is 1.51. The van der Waals surface area contributed by atoms with Crippen molar-refractivity contribution >= 4 is 17.5 Å². The molecule has 0 fully saturated rings. The third-order valence-electron chi connectivity index (χ3n) is 2.11. The number of carbonyl (C=O) groups is 1. The molecule has 3 nitrogen and oxygen atoms in total. The highest BCUT2D eigenvalue weighted by Crippen LogP contribution is 2.21. The molecule has 0 N–H and O–H groups in total. The Morgan fingerprint density at radius 3 is 2.19 bits per heavy atom. The van der Waals surface area contributed by atoms with Gasteiger partial charge in [0.05, 0.1) is 0 Å². The lowest BCUT2D eigenvalue weighted by atomic mass is 10.1. The highest BCUT2D eigenvalue weighted by Gasteiger charge is 2.31. The SMILES string of the molecule is CN(C)C(=O)C(C)(C)Oc1ccc(Cl)cc1. The van der Waals surface area contributed by atoms with Crippen LogP contribution in [0.15, 0.2) is 24.3 Å². The van der Waals surface area contributed by atoms with Gasteiger partial charge >= 0.3 is 0 Å². The lowest BCUT2D eigenvalue weighted by molar-refractivity contribution is -0.142. The molecule has 0 aliphatic carbocycles. The molecule has 1 aromatic rings. The number of benzene rings is 1. The van der Waals surface area contributed by atoms with E-state index in [1.807, 2.05) is 0 Å². The summed E-state index contributed by atoms with van der Waals surface area (Å²) in [6.45, 7) is 3.48. The maximum atomic E-state index is 11.8. The number of hydrogen-bond donors (Lipinski definition) is 0. The van der Waals surface area contributed by atoms with E-state index in [0.717, 1.165) is 0 Å². The molecule has 0 aliphatic rings. The number of amides is 1. The van der Waals surface area contributed by atoms with Gasteiger partial charge in [-0.3, -0.25) is 4.79 Å². The first-order valence-corrected chi connectivity index (χ1v) is 5.37. The molecule has 0 aliphatic heterocycles. The smallest absolute Gasteiger partial charge is 0.265 e. The first kappa shape index (κ1) is 12.8. The van der Waals surface area contributed by atoms with Gasteiger partial charge in [-0.05, 0) is 38.1 Å². The van der Waals surface area contributed by atoms with Gasteiger partial charge < -0.3 is 9.64 Å². The summed E-state index contributed by atoms with van der Waals surface area (Å²) in [7, 11) is 3.41. The minimum atomic E-state index is -0.878. The highest BCUT2D eigenvalue weighted by atomic mass is 35.5. The van der Waals surface area contributed by atoms with Crippen molar-refractivity contribution in [1.29, 1.82) is 0 Å². The molecule has 4 heteroatoms. The van der Waals surface area contributed by atoms with E-state index < -0.39 is 5.60 Å². The summed E-state index contributed by atoms with van der Waals surface area (Å²) in [5, 5.41) is 0.643. The van der Waals surface area contributed by atoms with Crippen LogP contribution in [0.5, 0.6) is 5.75 Å². The lowest BCUT2D eigenvalue weighted by Crippen LogP contribution is -2.45. The molecule has 0 saturated carbocycles. The van der Waals surface area contributed by atoms with Crippen molar-refractivity contribution in [2.45, 2.75) is 19.4 Å². The van der Waals surface area contributed by atoms with E-state index in [0.29, 0.717) is 10.8 Å². The van der Waals surface area contributed by atoms with Crippen LogP contribution in [0.2, 0.25) is 5.02 Å². The Labute approximate surface area is 101 Å². The Balaban J connectivity index is 2.80. The zero-order valence-corrected chi connectivity index (χ0v) is 10.7. The third kappa shape index (κ3) is 3.14. The number of halogens is 1. The van der Waals surface area contributed by atoms with Crippen LogP contribution in [0.1, 0.15) is 13.8 Å². The van der Waals surface area contributed by atoms with Crippen LogP contribution < -0.4 is 4.74 Å². The van der Waals surface area contributed by atoms with Gasteiger partial charge in [0.25, 0.3) is 5.91 Å². The average molecular weight is 242 g/mol. The summed E-state index contributed by atoms with van der Waals surface area (Å²) in [6.07, 6.45) is 0. The topological polar surface area (TPSA) is 29.5 Å². The van der Waals surface area contributed by atoms with Crippen molar-refractivity contribution in [2.24, 2.45) is 0 Å². The van der Waals surface area contributed by atoms with Gasteiger partial charge in [-0.25, -0.2) is 0 Å². The zero-order valence-electron chi connectivity index (χ0n) is 9.95. The first-order valence-electron chi connectivity index (χ1n) is 4.99. The quantitative estimate of drug-likeness (QED) is 0.814. The lowest BCUT2D eigenvalue weighted by Gasteiger charge is -2.28. The predicted molar refractivity (Wildman–Crippen MR) is 64.9 cm³/mol. The van der Waals surface area contributed by atoms with Crippen LogP contribution in [0.25, 0.3) is 0 Å². The van der Waals surface area contributed by atoms with Gasteiger partial charge in [0, 0.05) is 19.1 Å². The van der Waals surface area contributed by atoms with Gasteiger partial charge in [0.15, 0.2) is 5.60 Å². The first-order chi connectivity index (χ1) is 7.33. The summed E-state index contributed by atoms with van der Waals surface area (Å²) in [4.78, 5) is 13.3. The van der Waals surface area contributed by atoms with E-state index in [2.05, 4.69) is 0 Å². The number of hydrogen-bond acceptors (Lipinski definition) is 2. The molecule has 0 unspecified atom stereocenters. The Morgan fingerprint density at radius 2 is 1.75 bits per heavy atom. The average Bonchev–Trinajstić information content (AvgIpc) is 2.20. The number of likely N-dealkylation sites (N-methyl/N-ethyl adjacent to an activating group) is 1. The Bertz CT molecular complexity index is 371. The molecule has 0 aromatic heterocycles. The maximum absolute atomic E-state index is 11.8. The van der Waals surface area contributed by atoms with E-state index >= 15 is 0 Å². The van der Waals surface area contributed by atoms with Crippen molar-refractivity contribution in [3.63, 3.8) is 0 Å². The van der Waals surface area contributed by atoms with E-state index in [1.54, 1.807) is 52.2 Å². The van der Waals surface area contributed by atoms with E-state index in [4.69, 9.17) is 16.3 Å². The molecule has 1 aromatic carbocycles. The van der Waals surface area contributed by atoms with Crippen LogP contribution in [-0.2, 0) is 4.79 Å². The van der Waals surface area contributed by atoms with Crippen molar-refractivity contribution < 1.29 is 9.53 Å². The molecule has 0 radical (unpaired) electrons. The summed E-state index contributed by atoms with van der Waals surface area (Å²) in [6, 6.07) is 6.94. The zero-order chi connectivity index (χ0) is 12.3.